The van der Waals surface area contributed by atoms with Crippen molar-refractivity contribution in [1.82, 2.24) is 9.55 Å². The van der Waals surface area contributed by atoms with Gasteiger partial charge in [0.1, 0.15) is 6.33 Å². The van der Waals surface area contributed by atoms with E-state index in [9.17, 15) is 9.59 Å². The number of carbonyl (C=O) groups is 1. The van der Waals surface area contributed by atoms with Crippen LogP contribution < -0.4 is 11.3 Å². The third kappa shape index (κ3) is 1.15. The second-order valence-corrected chi connectivity index (χ2v) is 2.78. The molecule has 0 saturated heterocycles. The smallest absolute Gasteiger partial charge is 0.327 e. The first-order chi connectivity index (χ1) is 6.70. The molecule has 0 bridgehead atoms. The lowest BCUT2D eigenvalue weighted by atomic mass is 10.2. The number of nitrogens with two attached hydrogens (primary N) is 1. The number of carbonyl (C=O) groups excluding carboxylic acids is 1. The van der Waals surface area contributed by atoms with Gasteiger partial charge in [0, 0.05) is 0 Å². The number of nitrogens with zero attached hydrogens (tertiary/aromatic N) is 2. The van der Waals surface area contributed by atoms with Crippen LogP contribution in [-0.4, -0.2) is 15.6 Å². The van der Waals surface area contributed by atoms with Crippen molar-refractivity contribution in [3.63, 3.8) is 0 Å². The lowest BCUT2D eigenvalue weighted by Gasteiger charge is -2.00. The third-order valence-corrected chi connectivity index (χ3v) is 1.90. The molecular weight excluding hydrogens is 182 g/mol. The van der Waals surface area contributed by atoms with Gasteiger partial charge < -0.3 is 5.73 Å². The van der Waals surface area contributed by atoms with E-state index >= 15 is 0 Å². The van der Waals surface area contributed by atoms with Crippen LogP contribution in [-0.2, 0) is 0 Å². The summed E-state index contributed by atoms with van der Waals surface area (Å²) >= 11 is 0. The number of para-hydroxylation sites is 1. The molecule has 0 atom stereocenters. The van der Waals surface area contributed by atoms with Gasteiger partial charge >= 0.3 is 6.03 Å². The number of primary amides is 1. The minimum absolute atomic E-state index is 0.383. The Kier molecular flexibility index (Phi) is 1.78. The average molecular weight is 189 g/mol. The maximum absolute atomic E-state index is 11.6. The normalized spacial score (nSPS) is 10.3. The molecule has 0 aliphatic heterocycles. The summed E-state index contributed by atoms with van der Waals surface area (Å²) in [5.74, 6) is 0. The Morgan fingerprint density at radius 1 is 1.36 bits per heavy atom. The van der Waals surface area contributed by atoms with Crippen LogP contribution in [0.25, 0.3) is 10.9 Å². The standard InChI is InChI=1S/C9H7N3O2/c10-9(14)12-5-11-7-4-2-1-3-6(7)8(12)13/h1-5H,(H2,10,14). The van der Waals surface area contributed by atoms with Gasteiger partial charge in [0.15, 0.2) is 0 Å². The topological polar surface area (TPSA) is 78.0 Å². The zero-order chi connectivity index (χ0) is 10.1. The van der Waals surface area contributed by atoms with Crippen LogP contribution in [0.15, 0.2) is 35.4 Å². The molecule has 0 spiro atoms. The van der Waals surface area contributed by atoms with E-state index in [1.165, 1.54) is 0 Å². The number of hydrogen-bond donors (Lipinski definition) is 1. The quantitative estimate of drug-likeness (QED) is 0.648. The van der Waals surface area contributed by atoms with E-state index in [-0.39, 0.29) is 0 Å². The first-order valence-electron chi connectivity index (χ1n) is 3.96. The predicted molar refractivity (Wildman–Crippen MR) is 51.0 cm³/mol. The molecular formula is C9H7N3O2. The molecule has 1 aromatic carbocycles. The summed E-state index contributed by atoms with van der Waals surface area (Å²) in [7, 11) is 0. The van der Waals surface area contributed by atoms with E-state index in [0.717, 1.165) is 10.9 Å². The fourth-order valence-corrected chi connectivity index (χ4v) is 1.23. The molecule has 0 aliphatic rings. The molecule has 0 radical (unpaired) electrons. The predicted octanol–water partition coefficient (Wildman–Crippen LogP) is 0.323. The molecule has 2 rings (SSSR count). The fraction of sp³-hybridized carbons (Fsp3) is 0. The third-order valence-electron chi connectivity index (χ3n) is 1.90. The van der Waals surface area contributed by atoms with Crippen LogP contribution >= 0.6 is 0 Å². The maximum Gasteiger partial charge on any atom is 0.327 e. The Balaban J connectivity index is 2.89. The Morgan fingerprint density at radius 2 is 2.07 bits per heavy atom. The summed E-state index contributed by atoms with van der Waals surface area (Å²) in [6.07, 6.45) is 1.13. The van der Waals surface area contributed by atoms with Crippen LogP contribution in [0.5, 0.6) is 0 Å². The van der Waals surface area contributed by atoms with E-state index in [1.54, 1.807) is 24.3 Å². The van der Waals surface area contributed by atoms with E-state index in [0.29, 0.717) is 10.9 Å². The highest BCUT2D eigenvalue weighted by Gasteiger charge is 2.05. The fourth-order valence-electron chi connectivity index (χ4n) is 1.23. The van der Waals surface area contributed by atoms with Crippen LogP contribution in [0.4, 0.5) is 4.79 Å². The van der Waals surface area contributed by atoms with Crippen molar-refractivity contribution in [2.24, 2.45) is 5.73 Å². The second kappa shape index (κ2) is 2.95. The zero-order valence-corrected chi connectivity index (χ0v) is 7.18. The molecule has 5 nitrogen and oxygen atoms in total. The van der Waals surface area contributed by atoms with E-state index in [1.807, 2.05) is 0 Å². The average Bonchev–Trinajstić information content (AvgIpc) is 2.18. The summed E-state index contributed by atoms with van der Waals surface area (Å²) in [4.78, 5) is 26.3. The van der Waals surface area contributed by atoms with Gasteiger partial charge in [0.25, 0.3) is 5.56 Å². The Hall–Kier alpha value is -2.17. The minimum atomic E-state index is -0.826. The van der Waals surface area contributed by atoms with E-state index in [2.05, 4.69) is 4.98 Å². The van der Waals surface area contributed by atoms with Crippen molar-refractivity contribution < 1.29 is 4.79 Å². The molecule has 2 N–H and O–H groups in total. The van der Waals surface area contributed by atoms with Gasteiger partial charge in [-0.15, -0.1) is 0 Å². The summed E-state index contributed by atoms with van der Waals surface area (Å²) in [6, 6.07) is 5.94. The summed E-state index contributed by atoms with van der Waals surface area (Å²) in [5.41, 5.74) is 5.10. The highest BCUT2D eigenvalue weighted by Crippen LogP contribution is 2.03. The van der Waals surface area contributed by atoms with Crippen LogP contribution in [0, 0.1) is 0 Å². The highest BCUT2D eigenvalue weighted by molar-refractivity contribution is 5.81. The summed E-state index contributed by atoms with van der Waals surface area (Å²) < 4.78 is 0.780. The molecule has 1 aromatic heterocycles. The van der Waals surface area contributed by atoms with E-state index in [4.69, 9.17) is 5.73 Å². The maximum atomic E-state index is 11.6. The molecule has 2 aromatic rings. The van der Waals surface area contributed by atoms with Gasteiger partial charge in [-0.25, -0.2) is 14.3 Å². The molecule has 70 valence electrons. The minimum Gasteiger partial charge on any atom is -0.351 e. The van der Waals surface area contributed by atoms with Gasteiger partial charge in [-0.1, -0.05) is 12.1 Å². The number of hydrogen-bond acceptors (Lipinski definition) is 3. The molecule has 0 saturated carbocycles. The van der Waals surface area contributed by atoms with Gasteiger partial charge in [0.2, 0.25) is 0 Å². The van der Waals surface area contributed by atoms with Gasteiger partial charge in [-0.3, -0.25) is 4.79 Å². The van der Waals surface area contributed by atoms with Crippen molar-refractivity contribution in [1.29, 1.82) is 0 Å². The van der Waals surface area contributed by atoms with Crippen LogP contribution in [0.1, 0.15) is 0 Å². The number of amides is 1. The Bertz CT molecular complexity index is 559. The van der Waals surface area contributed by atoms with Gasteiger partial charge in [0.05, 0.1) is 10.9 Å². The van der Waals surface area contributed by atoms with Crippen molar-refractivity contribution in [2.75, 3.05) is 0 Å². The lowest BCUT2D eigenvalue weighted by Crippen LogP contribution is -2.31. The zero-order valence-electron chi connectivity index (χ0n) is 7.18. The second-order valence-electron chi connectivity index (χ2n) is 2.78. The first-order valence-corrected chi connectivity index (χ1v) is 3.96. The molecule has 0 fully saturated rings. The Labute approximate surface area is 78.8 Å². The summed E-state index contributed by atoms with van der Waals surface area (Å²) in [6.45, 7) is 0. The monoisotopic (exact) mass is 189 g/mol. The first kappa shape index (κ1) is 8.43. The SMILES string of the molecule is NC(=O)n1cnc2ccccc2c1=O. The molecule has 1 amide bonds. The van der Waals surface area contributed by atoms with Gasteiger partial charge in [-0.2, -0.15) is 0 Å². The largest absolute Gasteiger partial charge is 0.351 e. The number of rotatable bonds is 0. The van der Waals surface area contributed by atoms with Gasteiger partial charge in [-0.05, 0) is 12.1 Å². The summed E-state index contributed by atoms with van der Waals surface area (Å²) in [5, 5.41) is 0.383. The van der Waals surface area contributed by atoms with Crippen molar-refractivity contribution in [3.05, 3.63) is 40.9 Å². The highest BCUT2D eigenvalue weighted by atomic mass is 16.2. The Morgan fingerprint density at radius 3 is 2.79 bits per heavy atom. The molecule has 5 heteroatoms. The van der Waals surface area contributed by atoms with Crippen molar-refractivity contribution in [3.8, 4) is 0 Å². The lowest BCUT2D eigenvalue weighted by molar-refractivity contribution is 0.249. The molecule has 1 heterocycles. The molecule has 0 unspecified atom stereocenters. The molecule has 0 aliphatic carbocycles. The number of fused-ring (bicyclic) bond motifs is 1. The van der Waals surface area contributed by atoms with Crippen LogP contribution in [0.3, 0.4) is 0 Å². The van der Waals surface area contributed by atoms with Crippen molar-refractivity contribution >= 4 is 16.9 Å². The number of aromatic nitrogens is 2. The van der Waals surface area contributed by atoms with E-state index < -0.39 is 11.6 Å². The van der Waals surface area contributed by atoms with Crippen LogP contribution in [0.2, 0.25) is 0 Å². The van der Waals surface area contributed by atoms with Crippen molar-refractivity contribution in [2.45, 2.75) is 0 Å². The molecule has 14 heavy (non-hydrogen) atoms. The number of benzene rings is 1.